The minimum atomic E-state index is -1.51. The first-order chi connectivity index (χ1) is 26.5. The summed E-state index contributed by atoms with van der Waals surface area (Å²) in [5.74, 6) is -4.02. The van der Waals surface area contributed by atoms with E-state index in [1.165, 1.54) is 24.3 Å². The van der Waals surface area contributed by atoms with Crippen LogP contribution in [0.1, 0.15) is 80.0 Å². The second kappa shape index (κ2) is 21.2. The van der Waals surface area contributed by atoms with Crippen LogP contribution in [-0.4, -0.2) is 139 Å². The fourth-order valence-corrected chi connectivity index (χ4v) is 7.60. The number of ether oxygens (including phenoxy) is 1. The molecule has 3 aliphatic heterocycles. The first kappa shape index (κ1) is 45.1. The molecule has 4 atom stereocenters. The van der Waals surface area contributed by atoms with Crippen LogP contribution in [0, 0.1) is 0 Å². The molecule has 300 valence electrons. The van der Waals surface area contributed by atoms with Crippen LogP contribution in [0.15, 0.2) is 48.5 Å². The summed E-state index contributed by atoms with van der Waals surface area (Å²) in [6, 6.07) is 8.17. The van der Waals surface area contributed by atoms with Gasteiger partial charge < -0.3 is 4.74 Å². The van der Waals surface area contributed by atoms with Crippen LogP contribution in [0.3, 0.4) is 0 Å². The number of fused-ring (bicyclic) bond motifs is 2. The molecule has 6 N–H and O–H groups in total. The Bertz CT molecular complexity index is 1820. The first-order valence-corrected chi connectivity index (χ1v) is 22.8. The van der Waals surface area contributed by atoms with Crippen LogP contribution in [0.5, 0.6) is 0 Å². The van der Waals surface area contributed by atoms with Gasteiger partial charge in [0.05, 0.1) is 11.1 Å². The number of carbonyl (C=O) groups excluding carboxylic acids is 7. The molecule has 1 fully saturated rings. The number of nitrogens with two attached hydrogens (primary N) is 1. The normalized spacial score (nSPS) is 17.3. The van der Waals surface area contributed by atoms with Gasteiger partial charge >= 0.3 is 227 Å². The largest absolute Gasteiger partial charge is 0.392 e. The summed E-state index contributed by atoms with van der Waals surface area (Å²) in [5.41, 5.74) is 6.01. The fourth-order valence-electron chi connectivity index (χ4n) is 5.58. The van der Waals surface area contributed by atoms with Gasteiger partial charge in [-0.3, -0.25) is 19.3 Å². The average Bonchev–Trinajstić information content (AvgIpc) is 3.56. The summed E-state index contributed by atoms with van der Waals surface area (Å²) in [5, 5.41) is 30.9. The Morgan fingerprint density at radius 3 is 1.66 bits per heavy atom. The van der Waals surface area contributed by atoms with E-state index in [1.807, 2.05) is 5.82 Å². The molecule has 5 amide bonds. The Kier molecular flexibility index (Phi) is 17.0. The number of carbonyl (C=O) groups is 10. The zero-order valence-electron chi connectivity index (χ0n) is 30.2. The van der Waals surface area contributed by atoms with Crippen molar-refractivity contribution in [3.63, 3.8) is 0 Å². The third-order valence-corrected chi connectivity index (χ3v) is 11.2. The number of nitrogens with zero attached hydrogens (tertiary/aromatic N) is 2. The summed E-state index contributed by atoms with van der Waals surface area (Å²) in [4.78, 5) is 118. The number of hydrogen-bond donors (Lipinski definition) is 5. The molecule has 0 aliphatic carbocycles. The number of imide groups is 2. The Morgan fingerprint density at radius 1 is 0.750 bits per heavy atom. The third-order valence-electron chi connectivity index (χ3n) is 8.51. The molecule has 0 radical (unpaired) electrons. The van der Waals surface area contributed by atoms with E-state index in [2.05, 4.69) is 15.9 Å². The molecule has 0 unspecified atom stereocenters. The van der Waals surface area contributed by atoms with Crippen LogP contribution in [0.25, 0.3) is 0 Å². The number of carboxylic acids is 3. The van der Waals surface area contributed by atoms with Crippen molar-refractivity contribution in [2.24, 2.45) is 5.73 Å². The van der Waals surface area contributed by atoms with Gasteiger partial charge in [-0.25, -0.2) is 4.79 Å². The van der Waals surface area contributed by atoms with Crippen molar-refractivity contribution in [1.82, 2.24) is 15.1 Å². The predicted octanol–water partition coefficient (Wildman–Crippen LogP) is 1.12. The molecule has 0 bridgehead atoms. The maximum atomic E-state index is 12.4. The molecule has 2 aromatic rings. The number of amides is 5. The van der Waals surface area contributed by atoms with E-state index in [0.29, 0.717) is 38.0 Å². The van der Waals surface area contributed by atoms with Crippen molar-refractivity contribution >= 4 is 89.3 Å². The molecular weight excluding hydrogens is 870 g/mol. The van der Waals surface area contributed by atoms with Gasteiger partial charge in [0.2, 0.25) is 0 Å². The van der Waals surface area contributed by atoms with Gasteiger partial charge in [0, 0.05) is 6.42 Å². The van der Waals surface area contributed by atoms with Gasteiger partial charge in [-0.1, -0.05) is 24.3 Å². The third kappa shape index (κ3) is 11.4. The van der Waals surface area contributed by atoms with Crippen LogP contribution in [-0.2, 0) is 33.5 Å². The molecule has 0 spiro atoms. The molecule has 5 rings (SSSR count). The maximum absolute atomic E-state index is 12.4. The molecule has 1 saturated heterocycles. The maximum Gasteiger partial charge on any atom is 0.337 e. The Morgan fingerprint density at radius 2 is 1.23 bits per heavy atom. The number of esters is 2. The molecule has 0 aromatic heterocycles. The SMILES string of the molecule is C[Se]CC[C@H](N)C(=O)O.C[Se]CC[C@H](NC(=O)CC[C@@H](C(=O)O)N1C(=O)c2ccccc2C1=O)C(=O)O.O=C1CC[C@H](N2C(=O)c3ccccc3C2=O)C(=O)O1. The van der Waals surface area contributed by atoms with E-state index < -0.39 is 83.5 Å². The van der Waals surface area contributed by atoms with Gasteiger partial charge in [0.25, 0.3) is 11.8 Å². The van der Waals surface area contributed by atoms with E-state index in [0.717, 1.165) is 10.2 Å². The second-order valence-corrected chi connectivity index (χ2v) is 16.4. The summed E-state index contributed by atoms with van der Waals surface area (Å²) in [7, 11) is 0. The van der Waals surface area contributed by atoms with Crippen molar-refractivity contribution in [1.29, 1.82) is 0 Å². The van der Waals surface area contributed by atoms with Crippen molar-refractivity contribution in [3.05, 3.63) is 70.8 Å². The van der Waals surface area contributed by atoms with Crippen molar-refractivity contribution in [2.75, 3.05) is 0 Å². The first-order valence-electron chi connectivity index (χ1n) is 16.9. The molecule has 20 heteroatoms. The molecule has 3 heterocycles. The molecule has 2 aromatic carbocycles. The molecule has 0 saturated carbocycles. The van der Waals surface area contributed by atoms with Gasteiger partial charge in [-0.2, -0.15) is 0 Å². The van der Waals surface area contributed by atoms with Crippen molar-refractivity contribution in [3.8, 4) is 0 Å². The van der Waals surface area contributed by atoms with E-state index in [4.69, 9.17) is 15.9 Å². The van der Waals surface area contributed by atoms with E-state index >= 15 is 0 Å². The van der Waals surface area contributed by atoms with E-state index in [1.54, 1.807) is 24.3 Å². The monoisotopic (exact) mass is 912 g/mol. The van der Waals surface area contributed by atoms with Gasteiger partial charge in [0.15, 0.2) is 0 Å². The van der Waals surface area contributed by atoms with Crippen molar-refractivity contribution in [2.45, 2.75) is 85.0 Å². The Hall–Kier alpha value is -5.26. The smallest absolute Gasteiger partial charge is 0.337 e. The van der Waals surface area contributed by atoms with E-state index in [-0.39, 0.29) is 62.9 Å². The summed E-state index contributed by atoms with van der Waals surface area (Å²) in [6.07, 6.45) is 0.402. The zero-order valence-corrected chi connectivity index (χ0v) is 33.6. The fraction of sp³-hybridized carbons (Fsp3) is 0.389. The predicted molar refractivity (Wildman–Crippen MR) is 196 cm³/mol. The van der Waals surface area contributed by atoms with E-state index in [9.17, 15) is 53.1 Å². The van der Waals surface area contributed by atoms with Gasteiger partial charge in [-0.05, 0) is 18.6 Å². The van der Waals surface area contributed by atoms with Gasteiger partial charge in [0.1, 0.15) is 6.04 Å². The Balaban J connectivity index is 0.000000257. The number of benzene rings is 2. The number of cyclic esters (lactones) is 2. The standard InChI is InChI=1S/C18H20N2O7Se.C13H9NO5.C5H11NO2Se/c1-28-9-8-12(17(24)25)19-14(21)7-6-13(18(26)27)20-15(22)10-4-2-3-5-11(10)16(20)23;15-10-6-5-9(13(18)19-10)14-11(16)7-3-1-2-4-8(7)12(14)17;1-9-3-2-4(6)5(7)8/h2-5,12-13H,6-9H2,1H3,(H,19,21)(H,24,25)(H,26,27);1-4,9H,5-6H2;4H,2-3,6H2,1H3,(H,7,8)/t12-,13-;9-;4-/m000/s1. The molecule has 3 aliphatic rings. The number of aliphatic carboxylic acids is 3. The average molecular weight is 911 g/mol. The Labute approximate surface area is 332 Å². The number of nitrogens with one attached hydrogen (secondary N) is 1. The molecular formula is C36H40N4O14Se2. The molecule has 56 heavy (non-hydrogen) atoms. The topological polar surface area (TPSA) is 285 Å². The molecule has 18 nitrogen and oxygen atoms in total. The van der Waals surface area contributed by atoms with Crippen molar-refractivity contribution < 1.29 is 68.0 Å². The minimum absolute atomic E-state index is 0.0177. The number of hydrogen-bond acceptors (Lipinski definition) is 12. The van der Waals surface area contributed by atoms with Crippen LogP contribution in [0.2, 0.25) is 22.3 Å². The van der Waals surface area contributed by atoms with Gasteiger partial charge in [-0.15, -0.1) is 0 Å². The van der Waals surface area contributed by atoms with Crippen LogP contribution in [0.4, 0.5) is 0 Å². The second-order valence-electron chi connectivity index (χ2n) is 12.3. The van der Waals surface area contributed by atoms with Crippen LogP contribution >= 0.6 is 0 Å². The summed E-state index contributed by atoms with van der Waals surface area (Å²) < 4.78 is 4.48. The zero-order chi connectivity index (χ0) is 41.7. The minimum Gasteiger partial charge on any atom is -0.392 e. The summed E-state index contributed by atoms with van der Waals surface area (Å²) >= 11 is 0.811. The number of carboxylic acid groups (broad SMARTS) is 3. The quantitative estimate of drug-likeness (QED) is 0.0725. The summed E-state index contributed by atoms with van der Waals surface area (Å²) in [6.45, 7) is 0. The number of rotatable bonds is 15. The van der Waals surface area contributed by atoms with Crippen LogP contribution < -0.4 is 11.1 Å².